The maximum atomic E-state index is 15.0. The van der Waals surface area contributed by atoms with Gasteiger partial charge in [0.15, 0.2) is 11.6 Å². The molecule has 0 N–H and O–H groups in total. The van der Waals surface area contributed by atoms with Crippen LogP contribution < -0.4 is 0 Å². The van der Waals surface area contributed by atoms with Crippen molar-refractivity contribution < 1.29 is 8.78 Å². The maximum absolute atomic E-state index is 15.0. The van der Waals surface area contributed by atoms with Crippen molar-refractivity contribution in [1.29, 1.82) is 0 Å². The SMILES string of the molecule is CC1C=CC(c2ccc(C3CCC(C4CCC(C)CC4)CC3)c(F)c2F)CC1. The molecule has 3 aliphatic carbocycles. The Kier molecular flexibility index (Phi) is 6.23. The fourth-order valence-electron chi connectivity index (χ4n) is 6.06. The van der Waals surface area contributed by atoms with Gasteiger partial charge in [0.05, 0.1) is 0 Å². The summed E-state index contributed by atoms with van der Waals surface area (Å²) in [6, 6.07) is 3.76. The zero-order chi connectivity index (χ0) is 19.7. The third kappa shape index (κ3) is 4.21. The molecule has 0 aliphatic heterocycles. The lowest BCUT2D eigenvalue weighted by Crippen LogP contribution is -2.25. The van der Waals surface area contributed by atoms with E-state index in [-0.39, 0.29) is 11.8 Å². The van der Waals surface area contributed by atoms with Crippen LogP contribution in [0.5, 0.6) is 0 Å². The summed E-state index contributed by atoms with van der Waals surface area (Å²) in [4.78, 5) is 0. The Morgan fingerprint density at radius 3 is 1.82 bits per heavy atom. The monoisotopic (exact) mass is 386 g/mol. The van der Waals surface area contributed by atoms with E-state index in [1.54, 1.807) is 0 Å². The van der Waals surface area contributed by atoms with Gasteiger partial charge in [-0.05, 0) is 92.1 Å². The van der Waals surface area contributed by atoms with E-state index in [0.29, 0.717) is 17.0 Å². The number of benzene rings is 1. The minimum absolute atomic E-state index is 0.0316. The molecule has 0 spiro atoms. The van der Waals surface area contributed by atoms with Gasteiger partial charge in [0, 0.05) is 5.92 Å². The van der Waals surface area contributed by atoms with E-state index in [9.17, 15) is 8.78 Å². The first-order valence-corrected chi connectivity index (χ1v) is 11.7. The Bertz CT molecular complexity index is 691. The summed E-state index contributed by atoms with van der Waals surface area (Å²) >= 11 is 0. The first-order chi connectivity index (χ1) is 13.5. The summed E-state index contributed by atoms with van der Waals surface area (Å²) in [7, 11) is 0. The molecule has 2 unspecified atom stereocenters. The summed E-state index contributed by atoms with van der Waals surface area (Å²) in [5.74, 6) is 2.20. The standard InChI is InChI=1S/C26H36F2/c1-17-3-7-19(8-4-17)20-11-13-22(14-12-20)24-16-15-23(25(27)26(24)28)21-9-5-18(2)6-10-21/h5,9,15-22H,3-4,6-8,10-14H2,1-2H3. The molecule has 0 aromatic heterocycles. The van der Waals surface area contributed by atoms with E-state index in [1.165, 1.54) is 38.5 Å². The molecular formula is C26H36F2. The van der Waals surface area contributed by atoms with Gasteiger partial charge in [0.25, 0.3) is 0 Å². The molecule has 0 saturated heterocycles. The van der Waals surface area contributed by atoms with Crippen molar-refractivity contribution in [1.82, 2.24) is 0 Å². The summed E-state index contributed by atoms with van der Waals surface area (Å²) in [6.45, 7) is 4.55. The van der Waals surface area contributed by atoms with E-state index >= 15 is 0 Å². The first-order valence-electron chi connectivity index (χ1n) is 11.7. The van der Waals surface area contributed by atoms with Gasteiger partial charge < -0.3 is 0 Å². The molecule has 0 heterocycles. The maximum Gasteiger partial charge on any atom is 0.162 e. The molecule has 1 aromatic rings. The van der Waals surface area contributed by atoms with Gasteiger partial charge in [-0.15, -0.1) is 0 Å². The van der Waals surface area contributed by atoms with Crippen LogP contribution in [-0.4, -0.2) is 0 Å². The van der Waals surface area contributed by atoms with Crippen molar-refractivity contribution in [3.63, 3.8) is 0 Å². The van der Waals surface area contributed by atoms with E-state index < -0.39 is 11.6 Å². The van der Waals surface area contributed by atoms with E-state index in [2.05, 4.69) is 26.0 Å². The fraction of sp³-hybridized carbons (Fsp3) is 0.692. The van der Waals surface area contributed by atoms with Gasteiger partial charge in [-0.2, -0.15) is 0 Å². The molecule has 2 atom stereocenters. The summed E-state index contributed by atoms with van der Waals surface area (Å²) < 4.78 is 29.9. The third-order valence-electron chi connectivity index (χ3n) is 8.09. The van der Waals surface area contributed by atoms with Crippen LogP contribution in [0.2, 0.25) is 0 Å². The Balaban J connectivity index is 1.41. The fourth-order valence-corrected chi connectivity index (χ4v) is 6.06. The molecular weight excluding hydrogens is 350 g/mol. The molecule has 2 fully saturated rings. The lowest BCUT2D eigenvalue weighted by atomic mass is 9.68. The van der Waals surface area contributed by atoms with Crippen LogP contribution in [0.4, 0.5) is 8.78 Å². The van der Waals surface area contributed by atoms with Crippen LogP contribution in [0.15, 0.2) is 24.3 Å². The molecule has 3 aliphatic rings. The minimum Gasteiger partial charge on any atom is -0.203 e. The number of rotatable bonds is 3. The van der Waals surface area contributed by atoms with Crippen LogP contribution in [0.3, 0.4) is 0 Å². The number of hydrogen-bond donors (Lipinski definition) is 0. The van der Waals surface area contributed by atoms with Gasteiger partial charge in [-0.25, -0.2) is 8.78 Å². The molecule has 0 radical (unpaired) electrons. The molecule has 0 bridgehead atoms. The van der Waals surface area contributed by atoms with Crippen molar-refractivity contribution in [2.75, 3.05) is 0 Å². The summed E-state index contributed by atoms with van der Waals surface area (Å²) in [5, 5.41) is 0. The van der Waals surface area contributed by atoms with Gasteiger partial charge in [-0.3, -0.25) is 0 Å². The number of halogens is 2. The normalized spacial score (nSPS) is 36.4. The Morgan fingerprint density at radius 2 is 1.21 bits per heavy atom. The quantitative estimate of drug-likeness (QED) is 0.460. The Morgan fingerprint density at radius 1 is 0.643 bits per heavy atom. The third-order valence-corrected chi connectivity index (χ3v) is 8.09. The van der Waals surface area contributed by atoms with Crippen LogP contribution in [0, 0.1) is 35.3 Å². The zero-order valence-electron chi connectivity index (χ0n) is 17.6. The first kappa shape index (κ1) is 20.1. The van der Waals surface area contributed by atoms with Crippen LogP contribution in [0.1, 0.15) is 101 Å². The predicted molar refractivity (Wildman–Crippen MR) is 112 cm³/mol. The molecule has 0 amide bonds. The molecule has 4 rings (SSSR count). The van der Waals surface area contributed by atoms with Crippen molar-refractivity contribution in [3.05, 3.63) is 47.0 Å². The van der Waals surface area contributed by atoms with E-state index in [0.717, 1.165) is 43.4 Å². The highest BCUT2D eigenvalue weighted by Gasteiger charge is 2.32. The summed E-state index contributed by atoms with van der Waals surface area (Å²) in [6.07, 6.45) is 16.1. The second-order valence-corrected chi connectivity index (χ2v) is 10.0. The highest BCUT2D eigenvalue weighted by molar-refractivity contribution is 5.34. The molecule has 154 valence electrons. The average Bonchev–Trinajstić information content (AvgIpc) is 2.72. The molecule has 28 heavy (non-hydrogen) atoms. The Labute approximate surface area is 169 Å². The van der Waals surface area contributed by atoms with Crippen LogP contribution >= 0.6 is 0 Å². The smallest absolute Gasteiger partial charge is 0.162 e. The molecule has 0 nitrogen and oxygen atoms in total. The van der Waals surface area contributed by atoms with Crippen LogP contribution in [-0.2, 0) is 0 Å². The van der Waals surface area contributed by atoms with E-state index in [1.807, 2.05) is 12.1 Å². The minimum atomic E-state index is -0.593. The van der Waals surface area contributed by atoms with Crippen molar-refractivity contribution in [2.24, 2.45) is 23.7 Å². The van der Waals surface area contributed by atoms with Crippen LogP contribution in [0.25, 0.3) is 0 Å². The molecule has 2 heteroatoms. The predicted octanol–water partition coefficient (Wildman–Crippen LogP) is 8.13. The van der Waals surface area contributed by atoms with Gasteiger partial charge in [0.1, 0.15) is 0 Å². The Hall–Kier alpha value is -1.18. The van der Waals surface area contributed by atoms with Crippen molar-refractivity contribution >= 4 is 0 Å². The average molecular weight is 387 g/mol. The highest BCUT2D eigenvalue weighted by Crippen LogP contribution is 2.45. The second-order valence-electron chi connectivity index (χ2n) is 10.0. The largest absolute Gasteiger partial charge is 0.203 e. The topological polar surface area (TPSA) is 0 Å². The highest BCUT2D eigenvalue weighted by atomic mass is 19.2. The number of hydrogen-bond acceptors (Lipinski definition) is 0. The second kappa shape index (κ2) is 8.67. The van der Waals surface area contributed by atoms with Gasteiger partial charge in [-0.1, -0.05) is 51.0 Å². The lowest BCUT2D eigenvalue weighted by molar-refractivity contribution is 0.164. The van der Waals surface area contributed by atoms with Gasteiger partial charge >= 0.3 is 0 Å². The zero-order valence-corrected chi connectivity index (χ0v) is 17.6. The van der Waals surface area contributed by atoms with Gasteiger partial charge in [0.2, 0.25) is 0 Å². The van der Waals surface area contributed by atoms with E-state index in [4.69, 9.17) is 0 Å². The lowest BCUT2D eigenvalue weighted by Gasteiger charge is -2.37. The van der Waals surface area contributed by atoms with Crippen molar-refractivity contribution in [3.8, 4) is 0 Å². The van der Waals surface area contributed by atoms with Crippen molar-refractivity contribution in [2.45, 2.75) is 89.9 Å². The molecule has 2 saturated carbocycles. The summed E-state index contributed by atoms with van der Waals surface area (Å²) in [5.41, 5.74) is 1.18. The molecule has 1 aromatic carbocycles. The number of allylic oxidation sites excluding steroid dienone is 2.